The van der Waals surface area contributed by atoms with E-state index in [-0.39, 0.29) is 0 Å². The molecule has 61 heavy (non-hydrogen) atoms. The van der Waals surface area contributed by atoms with E-state index >= 15 is 0 Å². The van der Waals surface area contributed by atoms with Crippen molar-refractivity contribution in [1.82, 2.24) is 0 Å². The molecule has 12 aromatic rings. The molecule has 0 saturated heterocycles. The summed E-state index contributed by atoms with van der Waals surface area (Å²) in [4.78, 5) is 2.44. The van der Waals surface area contributed by atoms with Crippen LogP contribution in [0.3, 0.4) is 0 Å². The maximum Gasteiger partial charge on any atom is 0.0540 e. The lowest BCUT2D eigenvalue weighted by Crippen LogP contribution is -2.11. The third-order valence-corrected chi connectivity index (χ3v) is 14.3. The van der Waals surface area contributed by atoms with Crippen LogP contribution < -0.4 is 4.90 Å². The first-order chi connectivity index (χ1) is 30.2. The smallest absolute Gasteiger partial charge is 0.0540 e. The number of para-hydroxylation sites is 1. The van der Waals surface area contributed by atoms with E-state index in [1.54, 1.807) is 0 Å². The summed E-state index contributed by atoms with van der Waals surface area (Å²) >= 11 is 3.73. The SMILES string of the molecule is c1cc(-c2cccc(N(c3ccc(-c4ccc5c(c4)sc4ccccc45)cc3)c3ccccc3-c3cccc4sc5ccccc5c34)c2)cc(-c2ccc3ccccc3c2)c1. The first-order valence-corrected chi connectivity index (χ1v) is 22.4. The van der Waals surface area contributed by atoms with Crippen LogP contribution in [-0.4, -0.2) is 0 Å². The summed E-state index contributed by atoms with van der Waals surface area (Å²) in [6, 6.07) is 82.5. The summed E-state index contributed by atoms with van der Waals surface area (Å²) < 4.78 is 5.25. The van der Waals surface area contributed by atoms with Crippen molar-refractivity contribution >= 4 is 90.9 Å². The Kier molecular flexibility index (Phi) is 8.62. The minimum atomic E-state index is 1.10. The molecule has 0 aliphatic heterocycles. The molecule has 0 saturated carbocycles. The van der Waals surface area contributed by atoms with Crippen molar-refractivity contribution in [3.63, 3.8) is 0 Å². The van der Waals surface area contributed by atoms with Crippen molar-refractivity contribution in [2.75, 3.05) is 4.90 Å². The summed E-state index contributed by atoms with van der Waals surface area (Å²) in [6.07, 6.45) is 0. The number of hydrogen-bond acceptors (Lipinski definition) is 3. The van der Waals surface area contributed by atoms with Gasteiger partial charge in [0.25, 0.3) is 0 Å². The van der Waals surface area contributed by atoms with Crippen LogP contribution in [0.5, 0.6) is 0 Å². The fraction of sp³-hybridized carbons (Fsp3) is 0. The quantitative estimate of drug-likeness (QED) is 0.155. The van der Waals surface area contributed by atoms with E-state index in [1.165, 1.54) is 95.6 Å². The summed E-state index contributed by atoms with van der Waals surface area (Å²) in [5.41, 5.74) is 13.0. The zero-order valence-corrected chi connectivity index (χ0v) is 34.8. The van der Waals surface area contributed by atoms with E-state index in [4.69, 9.17) is 0 Å². The summed E-state index contributed by atoms with van der Waals surface area (Å²) in [5.74, 6) is 0. The highest BCUT2D eigenvalue weighted by molar-refractivity contribution is 7.26. The molecule has 0 bridgehead atoms. The largest absolute Gasteiger partial charge is 0.310 e. The predicted molar refractivity (Wildman–Crippen MR) is 266 cm³/mol. The second kappa shape index (κ2) is 14.8. The van der Waals surface area contributed by atoms with Gasteiger partial charge in [-0.05, 0) is 116 Å². The Morgan fingerprint density at radius 2 is 0.836 bits per heavy atom. The molecule has 0 fully saturated rings. The van der Waals surface area contributed by atoms with Crippen LogP contribution in [0.1, 0.15) is 0 Å². The average molecular weight is 812 g/mol. The second-order valence-electron chi connectivity index (χ2n) is 15.7. The number of nitrogens with zero attached hydrogens (tertiary/aromatic N) is 1. The molecule has 0 atom stereocenters. The molecule has 2 heterocycles. The van der Waals surface area contributed by atoms with Gasteiger partial charge in [0.1, 0.15) is 0 Å². The molecule has 0 N–H and O–H groups in total. The van der Waals surface area contributed by atoms with E-state index < -0.39 is 0 Å². The Morgan fingerprint density at radius 1 is 0.279 bits per heavy atom. The first-order valence-electron chi connectivity index (χ1n) is 20.7. The lowest BCUT2D eigenvalue weighted by molar-refractivity contribution is 1.28. The molecule has 3 heteroatoms. The third-order valence-electron chi connectivity index (χ3n) is 12.1. The zero-order valence-electron chi connectivity index (χ0n) is 33.1. The van der Waals surface area contributed by atoms with Gasteiger partial charge in [0.15, 0.2) is 0 Å². The van der Waals surface area contributed by atoms with Crippen LogP contribution in [0.15, 0.2) is 224 Å². The molecule has 10 aromatic carbocycles. The molecule has 0 aliphatic carbocycles. The van der Waals surface area contributed by atoms with E-state index in [2.05, 4.69) is 229 Å². The van der Waals surface area contributed by atoms with Crippen molar-refractivity contribution in [2.24, 2.45) is 0 Å². The molecule has 286 valence electrons. The summed E-state index contributed by atoms with van der Waals surface area (Å²) in [6.45, 7) is 0. The van der Waals surface area contributed by atoms with E-state index in [0.29, 0.717) is 0 Å². The third kappa shape index (κ3) is 6.29. The van der Waals surface area contributed by atoms with E-state index in [0.717, 1.165) is 17.1 Å². The van der Waals surface area contributed by atoms with Gasteiger partial charge in [0.05, 0.1) is 5.69 Å². The van der Waals surface area contributed by atoms with Crippen molar-refractivity contribution in [3.05, 3.63) is 224 Å². The number of hydrogen-bond donors (Lipinski definition) is 0. The van der Waals surface area contributed by atoms with Crippen LogP contribution in [0, 0.1) is 0 Å². The van der Waals surface area contributed by atoms with Gasteiger partial charge in [-0.3, -0.25) is 0 Å². The van der Waals surface area contributed by atoms with Gasteiger partial charge in [-0.15, -0.1) is 22.7 Å². The minimum Gasteiger partial charge on any atom is -0.310 e. The van der Waals surface area contributed by atoms with Crippen molar-refractivity contribution in [2.45, 2.75) is 0 Å². The molecular weight excluding hydrogens is 775 g/mol. The first kappa shape index (κ1) is 35.6. The number of fused-ring (bicyclic) bond motifs is 7. The fourth-order valence-corrected chi connectivity index (χ4v) is 11.4. The monoisotopic (exact) mass is 811 g/mol. The molecule has 12 rings (SSSR count). The van der Waals surface area contributed by atoms with Crippen LogP contribution in [0.2, 0.25) is 0 Å². The van der Waals surface area contributed by atoms with E-state index in [1.807, 2.05) is 22.7 Å². The Hall–Kier alpha value is -7.30. The topological polar surface area (TPSA) is 3.24 Å². The van der Waals surface area contributed by atoms with Gasteiger partial charge >= 0.3 is 0 Å². The van der Waals surface area contributed by atoms with Crippen LogP contribution in [-0.2, 0) is 0 Å². The van der Waals surface area contributed by atoms with E-state index in [9.17, 15) is 0 Å². The Balaban J connectivity index is 0.998. The Morgan fingerprint density at radius 3 is 1.69 bits per heavy atom. The lowest BCUT2D eigenvalue weighted by Gasteiger charge is -2.28. The normalized spacial score (nSPS) is 11.6. The predicted octanol–water partition coefficient (Wildman–Crippen LogP) is 17.7. The molecule has 0 amide bonds. The van der Waals surface area contributed by atoms with Crippen LogP contribution in [0.25, 0.3) is 95.6 Å². The molecule has 0 radical (unpaired) electrons. The molecular formula is C58H37NS2. The second-order valence-corrected chi connectivity index (χ2v) is 17.8. The van der Waals surface area contributed by atoms with Gasteiger partial charge in [-0.1, -0.05) is 158 Å². The zero-order chi connectivity index (χ0) is 40.3. The average Bonchev–Trinajstić information content (AvgIpc) is 3.90. The highest BCUT2D eigenvalue weighted by Gasteiger charge is 2.21. The molecule has 2 aromatic heterocycles. The molecule has 0 unspecified atom stereocenters. The minimum absolute atomic E-state index is 1.10. The Bertz CT molecular complexity index is 3610. The summed E-state index contributed by atoms with van der Waals surface area (Å²) in [7, 11) is 0. The highest BCUT2D eigenvalue weighted by atomic mass is 32.1. The van der Waals surface area contributed by atoms with Crippen molar-refractivity contribution in [3.8, 4) is 44.5 Å². The van der Waals surface area contributed by atoms with Gasteiger partial charge in [0.2, 0.25) is 0 Å². The van der Waals surface area contributed by atoms with Gasteiger partial charge in [-0.25, -0.2) is 0 Å². The number of rotatable bonds is 7. The van der Waals surface area contributed by atoms with Gasteiger partial charge in [0, 0.05) is 57.3 Å². The van der Waals surface area contributed by atoms with Crippen molar-refractivity contribution in [1.29, 1.82) is 0 Å². The van der Waals surface area contributed by atoms with Crippen molar-refractivity contribution < 1.29 is 0 Å². The number of benzene rings is 10. The maximum atomic E-state index is 2.44. The molecule has 1 nitrogen and oxygen atoms in total. The Labute approximate surface area is 362 Å². The summed E-state index contributed by atoms with van der Waals surface area (Å²) in [5, 5.41) is 7.76. The standard InChI is InChI=1S/C58H37NS2/c1-2-13-40-34-44(27-26-38(40)12-1)42-15-9-14-41(35-42)43-16-10-17-47(36-43)59(46-31-28-39(29-32-46)45-30-33-50-49-19-4-7-23-54(49)61-57(50)37-45)53-22-6-3-18-48(53)51-21-11-25-56-58(51)52-20-5-8-24-55(52)60-56/h1-37H. The maximum absolute atomic E-state index is 2.44. The molecule has 0 aliphatic rings. The fourth-order valence-electron chi connectivity index (χ4n) is 9.10. The highest BCUT2D eigenvalue weighted by Crippen LogP contribution is 2.47. The number of thiophene rings is 2. The van der Waals surface area contributed by atoms with Gasteiger partial charge < -0.3 is 4.90 Å². The van der Waals surface area contributed by atoms with Crippen LogP contribution in [0.4, 0.5) is 17.1 Å². The molecule has 0 spiro atoms. The number of anilines is 3. The van der Waals surface area contributed by atoms with Crippen LogP contribution >= 0.6 is 22.7 Å². The van der Waals surface area contributed by atoms with Gasteiger partial charge in [-0.2, -0.15) is 0 Å². The lowest BCUT2D eigenvalue weighted by atomic mass is 9.95.